The van der Waals surface area contributed by atoms with Crippen molar-refractivity contribution < 1.29 is 18.3 Å². The number of carbonyl (C=O) groups is 1. The number of hydrogen-bond donors (Lipinski definition) is 1. The Morgan fingerprint density at radius 1 is 1.09 bits per heavy atom. The number of anilines is 1. The summed E-state index contributed by atoms with van der Waals surface area (Å²) < 4.78 is 26.1. The molecule has 0 unspecified atom stereocenters. The van der Waals surface area contributed by atoms with E-state index in [4.69, 9.17) is 44.0 Å². The van der Waals surface area contributed by atoms with Crippen LogP contribution < -0.4 is 10.1 Å². The first-order chi connectivity index (χ1) is 16.2. The standard InChI is InChI=1S/C24H19Cl3FN3O3/c1-13-23(14(2)31(30-13)11-15-3-4-16(25)9-19(15)26)29-24(32)22-8-6-18(34-22)12-33-21-7-5-17(28)10-20(21)27/h3-10H,11-12H2,1-2H3,(H,29,32). The molecule has 0 atom stereocenters. The fraction of sp³-hybridized carbons (Fsp3) is 0.167. The SMILES string of the molecule is Cc1nn(Cc2ccc(Cl)cc2Cl)c(C)c1NC(=O)c1ccc(COc2ccc(F)cc2Cl)o1. The van der Waals surface area contributed by atoms with E-state index in [2.05, 4.69) is 10.4 Å². The Balaban J connectivity index is 1.43. The minimum absolute atomic E-state index is 0.0243. The molecule has 2 heterocycles. The zero-order valence-electron chi connectivity index (χ0n) is 18.2. The Hall–Kier alpha value is -3.00. The fourth-order valence-corrected chi connectivity index (χ4v) is 4.03. The molecule has 4 rings (SSSR count). The quantitative estimate of drug-likeness (QED) is 0.282. The van der Waals surface area contributed by atoms with Crippen LogP contribution in [0.1, 0.15) is 33.3 Å². The predicted octanol–water partition coefficient (Wildman–Crippen LogP) is 7.07. The molecular weight excluding hydrogens is 504 g/mol. The first-order valence-corrected chi connectivity index (χ1v) is 11.3. The van der Waals surface area contributed by atoms with Gasteiger partial charge in [0.25, 0.3) is 5.91 Å². The molecule has 10 heteroatoms. The van der Waals surface area contributed by atoms with E-state index in [1.807, 2.05) is 13.0 Å². The highest BCUT2D eigenvalue weighted by atomic mass is 35.5. The zero-order valence-corrected chi connectivity index (χ0v) is 20.4. The summed E-state index contributed by atoms with van der Waals surface area (Å²) >= 11 is 18.2. The second kappa shape index (κ2) is 10.1. The van der Waals surface area contributed by atoms with Crippen LogP contribution in [0.5, 0.6) is 5.75 Å². The third-order valence-corrected chi connectivity index (χ3v) is 5.99. The van der Waals surface area contributed by atoms with Crippen LogP contribution in [0.15, 0.2) is 52.9 Å². The van der Waals surface area contributed by atoms with Crippen LogP contribution in [0, 0.1) is 19.7 Å². The number of furan rings is 1. The van der Waals surface area contributed by atoms with Gasteiger partial charge in [-0.05, 0) is 61.9 Å². The number of carbonyl (C=O) groups excluding carboxylic acids is 1. The summed E-state index contributed by atoms with van der Waals surface area (Å²) in [5.74, 6) is -0.0612. The van der Waals surface area contributed by atoms with Crippen molar-refractivity contribution in [3.05, 3.63) is 97.9 Å². The molecule has 176 valence electrons. The Morgan fingerprint density at radius 3 is 2.62 bits per heavy atom. The Kier molecular flexibility index (Phi) is 7.16. The molecule has 1 N–H and O–H groups in total. The minimum atomic E-state index is -0.459. The van der Waals surface area contributed by atoms with Gasteiger partial charge in [-0.2, -0.15) is 5.10 Å². The van der Waals surface area contributed by atoms with Crippen LogP contribution in [0.2, 0.25) is 15.1 Å². The number of aryl methyl sites for hydroxylation is 1. The summed E-state index contributed by atoms with van der Waals surface area (Å²) in [6.07, 6.45) is 0. The maximum Gasteiger partial charge on any atom is 0.291 e. The van der Waals surface area contributed by atoms with Gasteiger partial charge in [0.15, 0.2) is 5.76 Å². The van der Waals surface area contributed by atoms with E-state index < -0.39 is 11.7 Å². The minimum Gasteiger partial charge on any atom is -0.484 e. The number of hydrogen-bond acceptors (Lipinski definition) is 4. The maximum absolute atomic E-state index is 13.2. The van der Waals surface area contributed by atoms with Gasteiger partial charge in [0.2, 0.25) is 0 Å². The molecule has 0 aliphatic rings. The monoisotopic (exact) mass is 521 g/mol. The van der Waals surface area contributed by atoms with Gasteiger partial charge in [-0.15, -0.1) is 0 Å². The Bertz CT molecular complexity index is 1370. The van der Waals surface area contributed by atoms with Crippen molar-refractivity contribution in [1.29, 1.82) is 0 Å². The molecule has 0 spiro atoms. The van der Waals surface area contributed by atoms with Gasteiger partial charge in [-0.1, -0.05) is 40.9 Å². The normalized spacial score (nSPS) is 11.0. The molecule has 0 saturated carbocycles. The smallest absolute Gasteiger partial charge is 0.291 e. The van der Waals surface area contributed by atoms with Crippen LogP contribution in [0.25, 0.3) is 0 Å². The van der Waals surface area contributed by atoms with E-state index >= 15 is 0 Å². The largest absolute Gasteiger partial charge is 0.484 e. The maximum atomic E-state index is 13.2. The Labute approximate surface area is 210 Å². The number of nitrogens with one attached hydrogen (secondary N) is 1. The summed E-state index contributed by atoms with van der Waals surface area (Å²) in [5.41, 5.74) is 2.85. The average Bonchev–Trinajstić information content (AvgIpc) is 3.35. The summed E-state index contributed by atoms with van der Waals surface area (Å²) in [4.78, 5) is 12.8. The summed E-state index contributed by atoms with van der Waals surface area (Å²) in [6.45, 7) is 4.10. The molecule has 34 heavy (non-hydrogen) atoms. The number of benzene rings is 2. The van der Waals surface area contributed by atoms with E-state index in [0.717, 1.165) is 17.3 Å². The summed E-state index contributed by atoms with van der Waals surface area (Å²) in [6, 6.07) is 12.3. The number of halogens is 4. The van der Waals surface area contributed by atoms with E-state index in [0.29, 0.717) is 39.5 Å². The molecular formula is C24H19Cl3FN3O3. The van der Waals surface area contributed by atoms with Crippen molar-refractivity contribution in [3.63, 3.8) is 0 Å². The topological polar surface area (TPSA) is 69.3 Å². The zero-order chi connectivity index (χ0) is 24.4. The highest BCUT2D eigenvalue weighted by Gasteiger charge is 2.18. The molecule has 0 radical (unpaired) electrons. The molecule has 0 saturated heterocycles. The van der Waals surface area contributed by atoms with Crippen LogP contribution in [0.3, 0.4) is 0 Å². The lowest BCUT2D eigenvalue weighted by molar-refractivity contribution is 0.0992. The predicted molar refractivity (Wildman–Crippen MR) is 130 cm³/mol. The van der Waals surface area contributed by atoms with E-state index in [-0.39, 0.29) is 17.4 Å². The lowest BCUT2D eigenvalue weighted by Crippen LogP contribution is -2.12. The van der Waals surface area contributed by atoms with Gasteiger partial charge in [0.05, 0.1) is 28.6 Å². The van der Waals surface area contributed by atoms with Gasteiger partial charge >= 0.3 is 0 Å². The van der Waals surface area contributed by atoms with E-state index in [9.17, 15) is 9.18 Å². The number of nitrogens with zero attached hydrogens (tertiary/aromatic N) is 2. The molecule has 2 aromatic heterocycles. The second-order valence-electron chi connectivity index (χ2n) is 7.52. The number of aromatic nitrogens is 2. The van der Waals surface area contributed by atoms with Crippen LogP contribution in [-0.4, -0.2) is 15.7 Å². The van der Waals surface area contributed by atoms with Crippen molar-refractivity contribution >= 4 is 46.4 Å². The van der Waals surface area contributed by atoms with Crippen molar-refractivity contribution in [3.8, 4) is 5.75 Å². The molecule has 0 aliphatic carbocycles. The molecule has 0 bridgehead atoms. The van der Waals surface area contributed by atoms with Crippen LogP contribution in [0.4, 0.5) is 10.1 Å². The second-order valence-corrected chi connectivity index (χ2v) is 8.77. The third kappa shape index (κ3) is 5.38. The summed E-state index contributed by atoms with van der Waals surface area (Å²) in [7, 11) is 0. The van der Waals surface area contributed by atoms with Crippen molar-refractivity contribution in [2.45, 2.75) is 27.0 Å². The molecule has 1 amide bonds. The van der Waals surface area contributed by atoms with Gasteiger partial charge < -0.3 is 14.5 Å². The van der Waals surface area contributed by atoms with Gasteiger partial charge in [-0.3, -0.25) is 9.48 Å². The number of rotatable bonds is 7. The fourth-order valence-electron chi connectivity index (χ4n) is 3.34. The Morgan fingerprint density at radius 2 is 1.88 bits per heavy atom. The highest BCUT2D eigenvalue weighted by Crippen LogP contribution is 2.27. The highest BCUT2D eigenvalue weighted by molar-refractivity contribution is 6.35. The molecule has 0 aliphatic heterocycles. The first-order valence-electron chi connectivity index (χ1n) is 10.2. The van der Waals surface area contributed by atoms with Crippen LogP contribution in [-0.2, 0) is 13.2 Å². The molecule has 2 aromatic carbocycles. The summed E-state index contributed by atoms with van der Waals surface area (Å²) in [5, 5.41) is 8.61. The molecule has 6 nitrogen and oxygen atoms in total. The van der Waals surface area contributed by atoms with E-state index in [1.165, 1.54) is 12.1 Å². The van der Waals surface area contributed by atoms with E-state index in [1.54, 1.807) is 35.9 Å². The lowest BCUT2D eigenvalue weighted by Gasteiger charge is -2.08. The molecule has 0 fully saturated rings. The lowest BCUT2D eigenvalue weighted by atomic mass is 10.2. The number of ether oxygens (including phenoxy) is 1. The van der Waals surface area contributed by atoms with Gasteiger partial charge in [0, 0.05) is 10.0 Å². The number of amides is 1. The molecule has 4 aromatic rings. The van der Waals surface area contributed by atoms with Crippen LogP contribution >= 0.6 is 34.8 Å². The van der Waals surface area contributed by atoms with Crippen molar-refractivity contribution in [2.75, 3.05) is 5.32 Å². The van der Waals surface area contributed by atoms with Gasteiger partial charge in [-0.25, -0.2) is 4.39 Å². The average molecular weight is 523 g/mol. The van der Waals surface area contributed by atoms with Gasteiger partial charge in [0.1, 0.15) is 23.9 Å². The first kappa shape index (κ1) is 24.1. The van der Waals surface area contributed by atoms with Crippen molar-refractivity contribution in [2.24, 2.45) is 0 Å². The van der Waals surface area contributed by atoms with Crippen molar-refractivity contribution in [1.82, 2.24) is 9.78 Å². The third-order valence-electron chi connectivity index (χ3n) is 5.10.